The molecule has 0 heterocycles. The van der Waals surface area contributed by atoms with Crippen molar-refractivity contribution in [3.8, 4) is 0 Å². The topological polar surface area (TPSA) is 80.4 Å². The smallest absolute Gasteiger partial charge is 0.338 e. The Morgan fingerprint density at radius 1 is 1.47 bits per heavy atom. The molecule has 5 nitrogen and oxygen atoms in total. The summed E-state index contributed by atoms with van der Waals surface area (Å²) in [4.78, 5) is 21.1. The maximum absolute atomic E-state index is 13.4. The van der Waals surface area contributed by atoms with Crippen LogP contribution in [0.4, 0.5) is 10.1 Å². The third-order valence-electron chi connectivity index (χ3n) is 2.48. The van der Waals surface area contributed by atoms with Gasteiger partial charge in [0.2, 0.25) is 0 Å². The fraction of sp³-hybridized carbons (Fsp3) is 0.417. The summed E-state index contributed by atoms with van der Waals surface area (Å²) in [5.74, 6) is -1.88. The van der Waals surface area contributed by atoms with Gasteiger partial charge < -0.3 is 5.11 Å². The highest BCUT2D eigenvalue weighted by Crippen LogP contribution is 2.32. The van der Waals surface area contributed by atoms with Gasteiger partial charge in [-0.05, 0) is 18.2 Å². The molecule has 1 N–H and O–H groups in total. The van der Waals surface area contributed by atoms with E-state index in [2.05, 4.69) is 0 Å². The van der Waals surface area contributed by atoms with E-state index >= 15 is 0 Å². The number of nitro groups is 1. The van der Waals surface area contributed by atoms with Crippen molar-refractivity contribution in [2.75, 3.05) is 5.75 Å². The first-order valence-electron chi connectivity index (χ1n) is 5.81. The lowest BCUT2D eigenvalue weighted by atomic mass is 10.2. The van der Waals surface area contributed by atoms with Gasteiger partial charge in [-0.1, -0.05) is 19.8 Å². The fourth-order valence-corrected chi connectivity index (χ4v) is 2.55. The Bertz CT molecular complexity index is 493. The lowest BCUT2D eigenvalue weighted by Gasteiger charge is -2.05. The molecule has 0 aliphatic carbocycles. The number of unbranched alkanes of at least 4 members (excludes halogenated alkanes) is 2. The Kier molecular flexibility index (Phi) is 5.75. The number of nitrogens with zero attached hydrogens (tertiary/aromatic N) is 1. The zero-order valence-corrected chi connectivity index (χ0v) is 11.2. The Hall–Kier alpha value is -1.63. The molecule has 0 saturated carbocycles. The molecule has 104 valence electrons. The first-order chi connectivity index (χ1) is 8.97. The van der Waals surface area contributed by atoms with Crippen LogP contribution in [0.2, 0.25) is 0 Å². The molecule has 0 aliphatic rings. The van der Waals surface area contributed by atoms with Gasteiger partial charge in [0.25, 0.3) is 5.69 Å². The standard InChI is InChI=1S/C12H14FNO4S/c1-2-3-4-5-19-11-6-8(12(15)16)9(13)7-10(11)14(17)18/h6-7H,2-5H2,1H3,(H,15,16). The van der Waals surface area contributed by atoms with Crippen molar-refractivity contribution in [3.63, 3.8) is 0 Å². The Morgan fingerprint density at radius 2 is 2.16 bits per heavy atom. The largest absolute Gasteiger partial charge is 0.478 e. The molecule has 0 fully saturated rings. The highest BCUT2D eigenvalue weighted by molar-refractivity contribution is 7.99. The summed E-state index contributed by atoms with van der Waals surface area (Å²) in [5, 5.41) is 19.6. The fourth-order valence-electron chi connectivity index (χ4n) is 1.50. The van der Waals surface area contributed by atoms with Gasteiger partial charge in [-0.15, -0.1) is 11.8 Å². The van der Waals surface area contributed by atoms with Crippen LogP contribution >= 0.6 is 11.8 Å². The van der Waals surface area contributed by atoms with E-state index in [1.807, 2.05) is 6.92 Å². The van der Waals surface area contributed by atoms with Crippen LogP contribution in [0.15, 0.2) is 17.0 Å². The quantitative estimate of drug-likeness (QED) is 0.358. The lowest BCUT2D eigenvalue weighted by Crippen LogP contribution is -2.03. The van der Waals surface area contributed by atoms with E-state index in [1.54, 1.807) is 0 Å². The van der Waals surface area contributed by atoms with Gasteiger partial charge in [0.05, 0.1) is 21.4 Å². The van der Waals surface area contributed by atoms with Gasteiger partial charge in [0.1, 0.15) is 5.82 Å². The number of halogens is 1. The number of benzene rings is 1. The first-order valence-corrected chi connectivity index (χ1v) is 6.80. The average Bonchev–Trinajstić information content (AvgIpc) is 2.35. The number of hydrogen-bond donors (Lipinski definition) is 1. The van der Waals surface area contributed by atoms with E-state index in [1.165, 1.54) is 11.8 Å². The summed E-state index contributed by atoms with van der Waals surface area (Å²) in [6.45, 7) is 2.04. The summed E-state index contributed by atoms with van der Waals surface area (Å²) >= 11 is 1.18. The molecule has 0 amide bonds. The Morgan fingerprint density at radius 3 is 2.68 bits per heavy atom. The van der Waals surface area contributed by atoms with Crippen molar-refractivity contribution in [2.45, 2.75) is 31.1 Å². The SMILES string of the molecule is CCCCCSc1cc(C(=O)O)c(F)cc1[N+](=O)[O-]. The summed E-state index contributed by atoms with van der Waals surface area (Å²) in [6, 6.07) is 1.71. The summed E-state index contributed by atoms with van der Waals surface area (Å²) in [5.41, 5.74) is -0.924. The molecule has 19 heavy (non-hydrogen) atoms. The maximum Gasteiger partial charge on any atom is 0.338 e. The molecule has 0 spiro atoms. The van der Waals surface area contributed by atoms with Crippen LogP contribution in [0.1, 0.15) is 36.5 Å². The second-order valence-electron chi connectivity index (χ2n) is 3.92. The van der Waals surface area contributed by atoms with E-state index in [0.717, 1.165) is 25.3 Å². The van der Waals surface area contributed by atoms with Crippen molar-refractivity contribution < 1.29 is 19.2 Å². The van der Waals surface area contributed by atoms with Crippen LogP contribution in [0.3, 0.4) is 0 Å². The molecular weight excluding hydrogens is 273 g/mol. The molecule has 0 unspecified atom stereocenters. The zero-order valence-electron chi connectivity index (χ0n) is 10.4. The highest BCUT2D eigenvalue weighted by atomic mass is 32.2. The van der Waals surface area contributed by atoms with E-state index in [0.29, 0.717) is 11.8 Å². The van der Waals surface area contributed by atoms with E-state index in [9.17, 15) is 19.3 Å². The van der Waals surface area contributed by atoms with Gasteiger partial charge in [0, 0.05) is 0 Å². The third kappa shape index (κ3) is 4.20. The molecule has 1 aromatic rings. The molecule has 0 saturated heterocycles. The molecule has 0 atom stereocenters. The Balaban J connectivity index is 3.01. The van der Waals surface area contributed by atoms with E-state index in [4.69, 9.17) is 5.11 Å². The molecule has 0 aliphatic heterocycles. The van der Waals surface area contributed by atoms with Gasteiger partial charge in [-0.3, -0.25) is 10.1 Å². The van der Waals surface area contributed by atoms with Crippen LogP contribution < -0.4 is 0 Å². The molecular formula is C12H14FNO4S. The molecule has 0 radical (unpaired) electrons. The van der Waals surface area contributed by atoms with Crippen molar-refractivity contribution in [1.29, 1.82) is 0 Å². The number of carbonyl (C=O) groups is 1. The third-order valence-corrected chi connectivity index (χ3v) is 3.61. The van der Waals surface area contributed by atoms with Crippen LogP contribution in [-0.2, 0) is 0 Å². The minimum Gasteiger partial charge on any atom is -0.478 e. The number of carboxylic acid groups (broad SMARTS) is 1. The van der Waals surface area contributed by atoms with Crippen LogP contribution in [0, 0.1) is 15.9 Å². The number of nitro benzene ring substituents is 1. The average molecular weight is 287 g/mol. The van der Waals surface area contributed by atoms with Crippen LogP contribution in [0.25, 0.3) is 0 Å². The maximum atomic E-state index is 13.4. The molecule has 1 aromatic carbocycles. The van der Waals surface area contributed by atoms with Crippen LogP contribution in [0.5, 0.6) is 0 Å². The number of carboxylic acids is 1. The zero-order chi connectivity index (χ0) is 14.4. The van der Waals surface area contributed by atoms with Gasteiger partial charge in [-0.25, -0.2) is 9.18 Å². The van der Waals surface area contributed by atoms with Crippen molar-refractivity contribution in [3.05, 3.63) is 33.6 Å². The molecule has 1 rings (SSSR count). The van der Waals surface area contributed by atoms with E-state index < -0.39 is 22.3 Å². The normalized spacial score (nSPS) is 10.4. The lowest BCUT2D eigenvalue weighted by molar-refractivity contribution is -0.387. The van der Waals surface area contributed by atoms with Gasteiger partial charge in [0.15, 0.2) is 0 Å². The van der Waals surface area contributed by atoms with Gasteiger partial charge >= 0.3 is 5.97 Å². The first kappa shape index (κ1) is 15.4. The minimum absolute atomic E-state index is 0.194. The van der Waals surface area contributed by atoms with Gasteiger partial charge in [-0.2, -0.15) is 0 Å². The predicted octanol–water partition coefficient (Wildman–Crippen LogP) is 3.71. The molecule has 7 heteroatoms. The Labute approximate surface area is 114 Å². The van der Waals surface area contributed by atoms with E-state index in [-0.39, 0.29) is 10.6 Å². The number of hydrogen-bond acceptors (Lipinski definition) is 4. The van der Waals surface area contributed by atoms with Crippen molar-refractivity contribution >= 4 is 23.4 Å². The summed E-state index contributed by atoms with van der Waals surface area (Å²) in [6.07, 6.45) is 2.89. The predicted molar refractivity (Wildman–Crippen MR) is 70.3 cm³/mol. The number of rotatable bonds is 7. The summed E-state index contributed by atoms with van der Waals surface area (Å²) < 4.78 is 13.4. The van der Waals surface area contributed by atoms with Crippen molar-refractivity contribution in [2.24, 2.45) is 0 Å². The minimum atomic E-state index is -1.43. The van der Waals surface area contributed by atoms with Crippen LogP contribution in [-0.4, -0.2) is 21.8 Å². The molecule has 0 bridgehead atoms. The number of thioether (sulfide) groups is 1. The monoisotopic (exact) mass is 287 g/mol. The van der Waals surface area contributed by atoms with Crippen molar-refractivity contribution in [1.82, 2.24) is 0 Å². The second-order valence-corrected chi connectivity index (χ2v) is 5.05. The number of aromatic carboxylic acids is 1. The summed E-state index contributed by atoms with van der Waals surface area (Å²) in [7, 11) is 0. The molecule has 0 aromatic heterocycles. The highest BCUT2D eigenvalue weighted by Gasteiger charge is 2.21. The second kappa shape index (κ2) is 7.08.